The van der Waals surface area contributed by atoms with E-state index in [9.17, 15) is 9.59 Å². The summed E-state index contributed by atoms with van der Waals surface area (Å²) in [7, 11) is 0. The lowest BCUT2D eigenvalue weighted by Crippen LogP contribution is -2.41. The predicted molar refractivity (Wildman–Crippen MR) is 55.8 cm³/mol. The second-order valence-corrected chi connectivity index (χ2v) is 4.25. The van der Waals surface area contributed by atoms with Gasteiger partial charge in [0.15, 0.2) is 0 Å². The Bertz CT molecular complexity index is 207. The standard InChI is InChI=1S/C10H20N2O2/c1-5-8(13)11-7-6-9(14)12-10(2,3)4/h5-7H2,1-4H3,(H,11,13)(H,12,14). The van der Waals surface area contributed by atoms with Crippen LogP contribution in [0.2, 0.25) is 0 Å². The minimum Gasteiger partial charge on any atom is -0.356 e. The van der Waals surface area contributed by atoms with Crippen LogP contribution in [0.25, 0.3) is 0 Å². The van der Waals surface area contributed by atoms with E-state index in [0.29, 0.717) is 19.4 Å². The van der Waals surface area contributed by atoms with Crippen LogP contribution in [-0.4, -0.2) is 23.9 Å². The summed E-state index contributed by atoms with van der Waals surface area (Å²) < 4.78 is 0. The van der Waals surface area contributed by atoms with Crippen LogP contribution < -0.4 is 10.6 Å². The van der Waals surface area contributed by atoms with Crippen molar-refractivity contribution in [3.63, 3.8) is 0 Å². The minimum atomic E-state index is -0.203. The molecule has 0 saturated heterocycles. The Morgan fingerprint density at radius 2 is 1.71 bits per heavy atom. The summed E-state index contributed by atoms with van der Waals surface area (Å²) in [6.07, 6.45) is 0.796. The van der Waals surface area contributed by atoms with E-state index < -0.39 is 0 Å². The van der Waals surface area contributed by atoms with Crippen LogP contribution in [0.5, 0.6) is 0 Å². The van der Waals surface area contributed by atoms with Crippen LogP contribution in [0.15, 0.2) is 0 Å². The molecule has 0 unspecified atom stereocenters. The second kappa shape index (κ2) is 5.62. The van der Waals surface area contributed by atoms with Gasteiger partial charge in [0.05, 0.1) is 0 Å². The van der Waals surface area contributed by atoms with Crippen LogP contribution in [0, 0.1) is 0 Å². The van der Waals surface area contributed by atoms with Gasteiger partial charge in [-0.15, -0.1) is 0 Å². The van der Waals surface area contributed by atoms with Crippen LogP contribution >= 0.6 is 0 Å². The molecule has 82 valence electrons. The van der Waals surface area contributed by atoms with Crippen LogP contribution in [-0.2, 0) is 9.59 Å². The predicted octanol–water partition coefficient (Wildman–Crippen LogP) is 0.817. The Kier molecular flexibility index (Phi) is 5.20. The summed E-state index contributed by atoms with van der Waals surface area (Å²) in [6.45, 7) is 7.97. The number of nitrogens with one attached hydrogen (secondary N) is 2. The monoisotopic (exact) mass is 200 g/mol. The topological polar surface area (TPSA) is 58.2 Å². The molecule has 0 spiro atoms. The summed E-state index contributed by atoms with van der Waals surface area (Å²) in [5, 5.41) is 5.47. The Labute approximate surface area is 85.4 Å². The van der Waals surface area contributed by atoms with Crippen molar-refractivity contribution in [3.8, 4) is 0 Å². The summed E-state index contributed by atoms with van der Waals surface area (Å²) >= 11 is 0. The smallest absolute Gasteiger partial charge is 0.222 e. The average Bonchev–Trinajstić information content (AvgIpc) is 2.00. The highest BCUT2D eigenvalue weighted by molar-refractivity contribution is 5.79. The van der Waals surface area contributed by atoms with E-state index in [-0.39, 0.29) is 17.4 Å². The number of hydrogen-bond acceptors (Lipinski definition) is 2. The number of carbonyl (C=O) groups excluding carboxylic acids is 2. The van der Waals surface area contributed by atoms with Crippen molar-refractivity contribution in [1.29, 1.82) is 0 Å². The molecule has 0 radical (unpaired) electrons. The van der Waals surface area contributed by atoms with Gasteiger partial charge in [0, 0.05) is 24.9 Å². The molecule has 0 saturated carbocycles. The molecule has 4 nitrogen and oxygen atoms in total. The third kappa shape index (κ3) is 7.58. The fourth-order valence-corrected chi connectivity index (χ4v) is 0.921. The molecule has 2 amide bonds. The summed E-state index contributed by atoms with van der Waals surface area (Å²) in [6, 6.07) is 0. The number of rotatable bonds is 4. The van der Waals surface area contributed by atoms with Gasteiger partial charge >= 0.3 is 0 Å². The van der Waals surface area contributed by atoms with E-state index >= 15 is 0 Å². The van der Waals surface area contributed by atoms with Crippen molar-refractivity contribution in [2.45, 2.75) is 46.1 Å². The summed E-state index contributed by atoms with van der Waals surface area (Å²) in [5.41, 5.74) is -0.203. The molecule has 0 rings (SSSR count). The van der Waals surface area contributed by atoms with Crippen LogP contribution in [0.3, 0.4) is 0 Å². The molecule has 0 heterocycles. The third-order valence-electron chi connectivity index (χ3n) is 1.51. The van der Waals surface area contributed by atoms with Gasteiger partial charge in [-0.1, -0.05) is 6.92 Å². The van der Waals surface area contributed by atoms with E-state index in [4.69, 9.17) is 0 Å². The third-order valence-corrected chi connectivity index (χ3v) is 1.51. The SMILES string of the molecule is CCC(=O)NCCC(=O)NC(C)(C)C. The van der Waals surface area contributed by atoms with Gasteiger partial charge in [-0.05, 0) is 20.8 Å². The van der Waals surface area contributed by atoms with Crippen LogP contribution in [0.4, 0.5) is 0 Å². The van der Waals surface area contributed by atoms with Gasteiger partial charge in [0.1, 0.15) is 0 Å². The lowest BCUT2D eigenvalue weighted by Gasteiger charge is -2.20. The molecule has 0 aromatic heterocycles. The van der Waals surface area contributed by atoms with Crippen LogP contribution in [0.1, 0.15) is 40.5 Å². The largest absolute Gasteiger partial charge is 0.356 e. The first-order valence-corrected chi connectivity index (χ1v) is 4.93. The maximum Gasteiger partial charge on any atom is 0.222 e. The number of carbonyl (C=O) groups is 2. The molecule has 0 aliphatic rings. The summed E-state index contributed by atoms with van der Waals surface area (Å²) in [5.74, 6) is -0.0533. The van der Waals surface area contributed by atoms with Gasteiger partial charge in [-0.25, -0.2) is 0 Å². The number of hydrogen-bond donors (Lipinski definition) is 2. The molecule has 0 aliphatic carbocycles. The minimum absolute atomic E-state index is 0.0199. The van der Waals surface area contributed by atoms with Gasteiger partial charge in [0.25, 0.3) is 0 Å². The van der Waals surface area contributed by atoms with E-state index in [2.05, 4.69) is 10.6 Å². The molecule has 2 N–H and O–H groups in total. The zero-order valence-corrected chi connectivity index (χ0v) is 9.44. The zero-order chi connectivity index (χ0) is 11.2. The molecule has 0 bridgehead atoms. The Hall–Kier alpha value is -1.06. The van der Waals surface area contributed by atoms with Crippen molar-refractivity contribution in [2.24, 2.45) is 0 Å². The van der Waals surface area contributed by atoms with Crippen molar-refractivity contribution < 1.29 is 9.59 Å². The van der Waals surface area contributed by atoms with Gasteiger partial charge < -0.3 is 10.6 Å². The van der Waals surface area contributed by atoms with Crippen molar-refractivity contribution in [1.82, 2.24) is 10.6 Å². The van der Waals surface area contributed by atoms with Crippen molar-refractivity contribution >= 4 is 11.8 Å². The fourth-order valence-electron chi connectivity index (χ4n) is 0.921. The first-order valence-electron chi connectivity index (χ1n) is 4.93. The van der Waals surface area contributed by atoms with Crippen molar-refractivity contribution in [2.75, 3.05) is 6.54 Å². The highest BCUT2D eigenvalue weighted by atomic mass is 16.2. The first kappa shape index (κ1) is 12.9. The molecule has 4 heteroatoms. The van der Waals surface area contributed by atoms with E-state index in [1.165, 1.54) is 0 Å². The van der Waals surface area contributed by atoms with Gasteiger partial charge in [0.2, 0.25) is 11.8 Å². The molecule has 0 fully saturated rings. The lowest BCUT2D eigenvalue weighted by molar-refractivity contribution is -0.123. The molecule has 0 atom stereocenters. The molecule has 14 heavy (non-hydrogen) atoms. The average molecular weight is 200 g/mol. The quantitative estimate of drug-likeness (QED) is 0.705. The Balaban J connectivity index is 3.60. The number of amides is 2. The highest BCUT2D eigenvalue weighted by Crippen LogP contribution is 1.98. The fraction of sp³-hybridized carbons (Fsp3) is 0.800. The Morgan fingerprint density at radius 3 is 2.14 bits per heavy atom. The highest BCUT2D eigenvalue weighted by Gasteiger charge is 2.12. The van der Waals surface area contributed by atoms with E-state index in [1.807, 2.05) is 20.8 Å². The maximum absolute atomic E-state index is 11.3. The first-order chi connectivity index (χ1) is 6.35. The lowest BCUT2D eigenvalue weighted by atomic mass is 10.1. The summed E-state index contributed by atoms with van der Waals surface area (Å²) in [4.78, 5) is 22.1. The van der Waals surface area contributed by atoms with E-state index in [1.54, 1.807) is 6.92 Å². The van der Waals surface area contributed by atoms with Crippen molar-refractivity contribution in [3.05, 3.63) is 0 Å². The zero-order valence-electron chi connectivity index (χ0n) is 9.44. The molecular formula is C10H20N2O2. The van der Waals surface area contributed by atoms with Gasteiger partial charge in [-0.2, -0.15) is 0 Å². The normalized spacial score (nSPS) is 10.9. The van der Waals surface area contributed by atoms with E-state index in [0.717, 1.165) is 0 Å². The maximum atomic E-state index is 11.3. The molecular weight excluding hydrogens is 180 g/mol. The molecule has 0 aromatic rings. The van der Waals surface area contributed by atoms with Gasteiger partial charge in [-0.3, -0.25) is 9.59 Å². The Morgan fingerprint density at radius 1 is 1.14 bits per heavy atom. The molecule has 0 aromatic carbocycles. The molecule has 0 aliphatic heterocycles. The second-order valence-electron chi connectivity index (χ2n) is 4.25.